The molecule has 76 valence electrons. The second-order valence-electron chi connectivity index (χ2n) is 2.68. The predicted octanol–water partition coefficient (Wildman–Crippen LogP) is 4.35. The average molecular weight is 328 g/mol. The first-order valence-electron chi connectivity index (χ1n) is 3.72. The van der Waals surface area contributed by atoms with E-state index in [-0.39, 0.29) is 21.4 Å². The predicted molar refractivity (Wildman–Crippen MR) is 56.8 cm³/mol. The van der Waals surface area contributed by atoms with Crippen molar-refractivity contribution in [2.75, 3.05) is 0 Å². The highest BCUT2D eigenvalue weighted by Crippen LogP contribution is 2.35. The molecule has 0 saturated heterocycles. The molecule has 0 aliphatic carbocycles. The van der Waals surface area contributed by atoms with Gasteiger partial charge in [0.15, 0.2) is 5.78 Å². The van der Waals surface area contributed by atoms with Crippen LogP contribution in [0.5, 0.6) is 0 Å². The van der Waals surface area contributed by atoms with Crippen LogP contribution < -0.4 is 0 Å². The second kappa shape index (κ2) is 4.49. The van der Waals surface area contributed by atoms with Crippen molar-refractivity contribution in [3.05, 3.63) is 32.2 Å². The summed E-state index contributed by atoms with van der Waals surface area (Å²) >= 11 is 6.13. The topological polar surface area (TPSA) is 17.1 Å². The van der Waals surface area contributed by atoms with Crippen LogP contribution in [0.1, 0.15) is 29.3 Å². The van der Waals surface area contributed by atoms with Crippen LogP contribution in [-0.2, 0) is 0 Å². The van der Waals surface area contributed by atoms with Crippen molar-refractivity contribution in [1.82, 2.24) is 0 Å². The summed E-state index contributed by atoms with van der Waals surface area (Å²) in [5, 5.41) is 0. The maximum atomic E-state index is 12.6. The lowest BCUT2D eigenvalue weighted by Crippen LogP contribution is -2.01. The van der Waals surface area contributed by atoms with E-state index in [2.05, 4.69) is 31.9 Å². The lowest BCUT2D eigenvalue weighted by atomic mass is 10.1. The van der Waals surface area contributed by atoms with E-state index in [4.69, 9.17) is 0 Å². The molecule has 5 heteroatoms. The first-order chi connectivity index (χ1) is 6.45. The third-order valence-electron chi connectivity index (χ3n) is 1.73. The number of benzene rings is 1. The minimum absolute atomic E-state index is 0.0510. The highest BCUT2D eigenvalue weighted by Gasteiger charge is 2.20. The normalized spacial score (nSPS) is 10.7. The molecule has 0 aromatic heterocycles. The number of hydrogen-bond acceptors (Lipinski definition) is 1. The molecule has 0 bridgehead atoms. The molecule has 0 radical (unpaired) electrons. The molecule has 0 fully saturated rings. The van der Waals surface area contributed by atoms with Crippen LogP contribution in [0.25, 0.3) is 0 Å². The lowest BCUT2D eigenvalue weighted by molar-refractivity contribution is 0.0998. The van der Waals surface area contributed by atoms with Gasteiger partial charge in [-0.25, -0.2) is 8.78 Å². The molecule has 1 nitrogen and oxygen atoms in total. The molecular weight excluding hydrogens is 322 g/mol. The van der Waals surface area contributed by atoms with Crippen molar-refractivity contribution in [2.24, 2.45) is 0 Å². The van der Waals surface area contributed by atoms with Gasteiger partial charge in [0.1, 0.15) is 0 Å². The largest absolute Gasteiger partial charge is 0.294 e. The van der Waals surface area contributed by atoms with Gasteiger partial charge in [-0.2, -0.15) is 0 Å². The fourth-order valence-corrected chi connectivity index (χ4v) is 1.95. The third-order valence-corrected chi connectivity index (χ3v) is 3.78. The van der Waals surface area contributed by atoms with Gasteiger partial charge in [0.2, 0.25) is 0 Å². The summed E-state index contributed by atoms with van der Waals surface area (Å²) in [6.07, 6.45) is -2.67. The number of carbonyl (C=O) groups is 1. The molecule has 0 aliphatic rings. The number of hydrogen-bond donors (Lipinski definition) is 0. The third kappa shape index (κ3) is 2.20. The SMILES string of the molecule is CC(=O)c1ccc(Br)c(Br)c1C(F)F. The van der Waals surface area contributed by atoms with E-state index < -0.39 is 6.43 Å². The van der Waals surface area contributed by atoms with Crippen LogP contribution in [0.3, 0.4) is 0 Å². The zero-order chi connectivity index (χ0) is 10.9. The Morgan fingerprint density at radius 2 is 1.93 bits per heavy atom. The van der Waals surface area contributed by atoms with Crippen LogP contribution >= 0.6 is 31.9 Å². The molecule has 0 amide bonds. The minimum Gasteiger partial charge on any atom is -0.294 e. The zero-order valence-corrected chi connectivity index (χ0v) is 10.3. The van der Waals surface area contributed by atoms with E-state index in [0.717, 1.165) is 0 Å². The van der Waals surface area contributed by atoms with Gasteiger partial charge in [0.25, 0.3) is 6.43 Å². The monoisotopic (exact) mass is 326 g/mol. The van der Waals surface area contributed by atoms with E-state index in [1.54, 1.807) is 6.07 Å². The Balaban J connectivity index is 3.45. The summed E-state index contributed by atoms with van der Waals surface area (Å²) in [5.41, 5.74) is -0.207. The Hall–Kier alpha value is -0.290. The fraction of sp³-hybridized carbons (Fsp3) is 0.222. The van der Waals surface area contributed by atoms with Gasteiger partial charge < -0.3 is 0 Å². The van der Waals surface area contributed by atoms with Gasteiger partial charge >= 0.3 is 0 Å². The van der Waals surface area contributed by atoms with E-state index in [1.807, 2.05) is 0 Å². The molecule has 14 heavy (non-hydrogen) atoms. The Morgan fingerprint density at radius 3 is 2.36 bits per heavy atom. The van der Waals surface area contributed by atoms with Crippen LogP contribution in [-0.4, -0.2) is 5.78 Å². The number of rotatable bonds is 2. The van der Waals surface area contributed by atoms with Crippen molar-refractivity contribution in [3.8, 4) is 0 Å². The maximum absolute atomic E-state index is 12.6. The minimum atomic E-state index is -2.67. The summed E-state index contributed by atoms with van der Waals surface area (Å²) in [6.45, 7) is 1.27. The first kappa shape index (κ1) is 11.8. The number of ketones is 1. The summed E-state index contributed by atoms with van der Waals surface area (Å²) in [6, 6.07) is 2.95. The second-order valence-corrected chi connectivity index (χ2v) is 4.33. The summed E-state index contributed by atoms with van der Waals surface area (Å²) in [5.74, 6) is -0.367. The van der Waals surface area contributed by atoms with E-state index >= 15 is 0 Å². The van der Waals surface area contributed by atoms with Gasteiger partial charge in [-0.3, -0.25) is 4.79 Å². The molecule has 0 N–H and O–H groups in total. The smallest absolute Gasteiger partial charge is 0.265 e. The Bertz CT molecular complexity index is 377. The molecule has 1 aromatic carbocycles. The zero-order valence-electron chi connectivity index (χ0n) is 7.15. The summed E-state index contributed by atoms with van der Waals surface area (Å²) in [7, 11) is 0. The molecule has 1 rings (SSSR count). The molecule has 1 aromatic rings. The van der Waals surface area contributed by atoms with Crippen molar-refractivity contribution in [1.29, 1.82) is 0 Å². The van der Waals surface area contributed by atoms with Gasteiger partial charge in [-0.15, -0.1) is 0 Å². The number of halogens is 4. The van der Waals surface area contributed by atoms with Crippen LogP contribution in [0.2, 0.25) is 0 Å². The highest BCUT2D eigenvalue weighted by molar-refractivity contribution is 9.13. The van der Waals surface area contributed by atoms with Crippen molar-refractivity contribution in [3.63, 3.8) is 0 Å². The standard InChI is InChI=1S/C9H6Br2F2O/c1-4(14)5-2-3-6(10)8(11)7(5)9(12)13/h2-3,9H,1H3. The first-order valence-corrected chi connectivity index (χ1v) is 5.30. The summed E-state index contributed by atoms with van der Waals surface area (Å²) < 4.78 is 26.0. The van der Waals surface area contributed by atoms with Crippen LogP contribution in [0.15, 0.2) is 21.1 Å². The number of alkyl halides is 2. The molecule has 0 saturated carbocycles. The molecule has 0 aliphatic heterocycles. The maximum Gasteiger partial charge on any atom is 0.265 e. The Labute approximate surface area is 96.8 Å². The van der Waals surface area contributed by atoms with Crippen molar-refractivity contribution >= 4 is 37.6 Å². The Kier molecular flexibility index (Phi) is 3.78. The van der Waals surface area contributed by atoms with Crippen molar-refractivity contribution < 1.29 is 13.6 Å². The van der Waals surface area contributed by atoms with Crippen LogP contribution in [0, 0.1) is 0 Å². The molecule has 0 spiro atoms. The van der Waals surface area contributed by atoms with E-state index in [1.165, 1.54) is 13.0 Å². The van der Waals surface area contributed by atoms with Gasteiger partial charge in [0.05, 0.1) is 0 Å². The van der Waals surface area contributed by atoms with Gasteiger partial charge in [0, 0.05) is 20.1 Å². The van der Waals surface area contributed by atoms with Crippen LogP contribution in [0.4, 0.5) is 8.78 Å². The summed E-state index contributed by atoms with van der Waals surface area (Å²) in [4.78, 5) is 11.1. The van der Waals surface area contributed by atoms with E-state index in [9.17, 15) is 13.6 Å². The highest BCUT2D eigenvalue weighted by atomic mass is 79.9. The van der Waals surface area contributed by atoms with Crippen molar-refractivity contribution in [2.45, 2.75) is 13.3 Å². The quantitative estimate of drug-likeness (QED) is 0.738. The fourth-order valence-electron chi connectivity index (χ4n) is 1.09. The number of carbonyl (C=O) groups excluding carboxylic acids is 1. The molecule has 0 unspecified atom stereocenters. The molecular formula is C9H6Br2F2O. The lowest BCUT2D eigenvalue weighted by Gasteiger charge is -2.09. The van der Waals surface area contributed by atoms with Gasteiger partial charge in [-0.1, -0.05) is 0 Å². The molecule has 0 heterocycles. The average Bonchev–Trinajstić information content (AvgIpc) is 2.08. The Morgan fingerprint density at radius 1 is 1.36 bits per heavy atom. The van der Waals surface area contributed by atoms with Gasteiger partial charge in [-0.05, 0) is 50.9 Å². The number of Topliss-reactive ketones (excluding diaryl/α,β-unsaturated/α-hetero) is 1. The molecule has 0 atom stereocenters. The van der Waals surface area contributed by atoms with E-state index in [0.29, 0.717) is 4.47 Å².